The molecule has 2 atom stereocenters. The molecule has 1 aromatic heterocycles. The molecule has 2 aromatic rings. The number of benzene rings is 1. The number of thiazole rings is 1. The minimum Gasteiger partial charge on any atom is -0.340 e. The number of halogens is 5. The first kappa shape index (κ1) is 16.5. The van der Waals surface area contributed by atoms with Crippen molar-refractivity contribution in [2.24, 2.45) is 5.92 Å². The Hall–Kier alpha value is -1.31. The number of amides is 1. The summed E-state index contributed by atoms with van der Waals surface area (Å²) < 4.78 is 39.5. The van der Waals surface area contributed by atoms with E-state index in [1.165, 1.54) is 0 Å². The molecule has 1 fully saturated rings. The largest absolute Gasteiger partial charge is 0.394 e. The maximum atomic E-state index is 13.1. The molecule has 1 aliphatic rings. The van der Waals surface area contributed by atoms with E-state index in [4.69, 9.17) is 23.2 Å². The third-order valence-electron chi connectivity index (χ3n) is 3.76. The Balaban J connectivity index is 1.93. The molecule has 1 aliphatic carbocycles. The van der Waals surface area contributed by atoms with Gasteiger partial charge in [0.25, 0.3) is 5.91 Å². The Kier molecular flexibility index (Phi) is 4.06. The van der Waals surface area contributed by atoms with Crippen molar-refractivity contribution in [3.05, 3.63) is 50.4 Å². The highest BCUT2D eigenvalue weighted by Crippen LogP contribution is 2.59. The van der Waals surface area contributed by atoms with Gasteiger partial charge in [-0.2, -0.15) is 13.2 Å². The van der Waals surface area contributed by atoms with E-state index in [2.05, 4.69) is 10.3 Å². The van der Waals surface area contributed by atoms with Crippen LogP contribution in [-0.4, -0.2) is 17.1 Å². The Morgan fingerprint density at radius 3 is 2.43 bits per heavy atom. The van der Waals surface area contributed by atoms with Crippen molar-refractivity contribution in [1.29, 1.82) is 0 Å². The molecular weight excluding hydrogens is 372 g/mol. The molecule has 0 bridgehead atoms. The summed E-state index contributed by atoms with van der Waals surface area (Å²) in [6, 6.07) is 8.06. The fourth-order valence-corrected chi connectivity index (χ4v) is 3.90. The zero-order valence-electron chi connectivity index (χ0n) is 11.3. The van der Waals surface area contributed by atoms with Crippen LogP contribution in [-0.2, 0) is 5.54 Å². The van der Waals surface area contributed by atoms with Crippen LogP contribution in [0.1, 0.15) is 22.5 Å². The summed E-state index contributed by atoms with van der Waals surface area (Å²) in [6.45, 7) is 0. The van der Waals surface area contributed by atoms with E-state index in [1.807, 2.05) is 0 Å². The van der Waals surface area contributed by atoms with E-state index < -0.39 is 23.5 Å². The number of nitrogens with zero attached hydrogens (tertiary/aromatic N) is 1. The SMILES string of the molecule is O=C(NC1(c2ccccc2)CC1C(F)(F)F)c1nc(Cl)sc1Cl. The second-order valence-electron chi connectivity index (χ2n) is 5.18. The van der Waals surface area contributed by atoms with Crippen molar-refractivity contribution < 1.29 is 18.0 Å². The Morgan fingerprint density at radius 2 is 1.96 bits per heavy atom. The predicted molar refractivity (Wildman–Crippen MR) is 81.9 cm³/mol. The van der Waals surface area contributed by atoms with E-state index in [0.717, 1.165) is 11.3 Å². The lowest BCUT2D eigenvalue weighted by Crippen LogP contribution is -2.39. The first-order valence-electron chi connectivity index (χ1n) is 6.50. The number of carbonyl (C=O) groups excluding carboxylic acids is 1. The number of alkyl halides is 3. The van der Waals surface area contributed by atoms with E-state index >= 15 is 0 Å². The van der Waals surface area contributed by atoms with Gasteiger partial charge in [-0.25, -0.2) is 4.98 Å². The summed E-state index contributed by atoms with van der Waals surface area (Å²) >= 11 is 12.4. The molecule has 0 spiro atoms. The summed E-state index contributed by atoms with van der Waals surface area (Å²) in [5, 5.41) is 2.45. The minimum atomic E-state index is -4.41. The highest BCUT2D eigenvalue weighted by molar-refractivity contribution is 7.19. The van der Waals surface area contributed by atoms with Crippen molar-refractivity contribution in [3.8, 4) is 0 Å². The lowest BCUT2D eigenvalue weighted by Gasteiger charge is -2.21. The molecule has 3 nitrogen and oxygen atoms in total. The van der Waals surface area contributed by atoms with Gasteiger partial charge in [-0.15, -0.1) is 0 Å². The van der Waals surface area contributed by atoms with Crippen LogP contribution >= 0.6 is 34.5 Å². The molecule has 1 amide bonds. The zero-order valence-corrected chi connectivity index (χ0v) is 13.7. The third-order valence-corrected chi connectivity index (χ3v) is 5.11. The van der Waals surface area contributed by atoms with Gasteiger partial charge in [0, 0.05) is 0 Å². The summed E-state index contributed by atoms with van der Waals surface area (Å²) in [5.74, 6) is -2.41. The van der Waals surface area contributed by atoms with Gasteiger partial charge in [-0.05, 0) is 12.0 Å². The molecule has 9 heteroatoms. The van der Waals surface area contributed by atoms with Crippen molar-refractivity contribution in [1.82, 2.24) is 10.3 Å². The Morgan fingerprint density at radius 1 is 1.30 bits per heavy atom. The molecule has 23 heavy (non-hydrogen) atoms. The highest BCUT2D eigenvalue weighted by atomic mass is 35.5. The number of carbonyl (C=O) groups is 1. The molecule has 0 radical (unpaired) electrons. The van der Waals surface area contributed by atoms with Gasteiger partial charge in [-0.1, -0.05) is 64.9 Å². The van der Waals surface area contributed by atoms with Crippen molar-refractivity contribution in [2.45, 2.75) is 18.1 Å². The normalized spacial score (nSPS) is 23.6. The van der Waals surface area contributed by atoms with Crippen LogP contribution in [0, 0.1) is 5.92 Å². The standard InChI is InChI=1S/C14H9Cl2F3N2OS/c15-10-9(20-12(16)23-10)11(22)21-13(6-8(13)14(17,18)19)7-4-2-1-3-5-7/h1-5,8H,6H2,(H,21,22). The second kappa shape index (κ2) is 5.65. The number of hydrogen-bond acceptors (Lipinski definition) is 3. The van der Waals surface area contributed by atoms with Crippen LogP contribution in [0.25, 0.3) is 0 Å². The van der Waals surface area contributed by atoms with Crippen LogP contribution in [0.2, 0.25) is 8.80 Å². The lowest BCUT2D eigenvalue weighted by molar-refractivity contribution is -0.153. The van der Waals surface area contributed by atoms with E-state index in [9.17, 15) is 18.0 Å². The fourth-order valence-electron chi connectivity index (χ4n) is 2.60. The third kappa shape index (κ3) is 3.05. The average Bonchev–Trinajstić information content (AvgIpc) is 3.12. The van der Waals surface area contributed by atoms with Crippen molar-refractivity contribution in [2.75, 3.05) is 0 Å². The number of aromatic nitrogens is 1. The molecule has 1 heterocycles. The smallest absolute Gasteiger partial charge is 0.340 e. The molecule has 1 N–H and O–H groups in total. The molecule has 3 rings (SSSR count). The van der Waals surface area contributed by atoms with Gasteiger partial charge in [0.1, 0.15) is 4.34 Å². The minimum absolute atomic E-state index is 0.0416. The maximum Gasteiger partial charge on any atom is 0.394 e. The molecule has 0 saturated heterocycles. The second-order valence-corrected chi connectivity index (χ2v) is 7.36. The Bertz CT molecular complexity index is 750. The van der Waals surface area contributed by atoms with E-state index in [-0.39, 0.29) is 20.9 Å². The topological polar surface area (TPSA) is 42.0 Å². The quantitative estimate of drug-likeness (QED) is 0.841. The number of rotatable bonds is 3. The van der Waals surface area contributed by atoms with Crippen molar-refractivity contribution in [3.63, 3.8) is 0 Å². The monoisotopic (exact) mass is 380 g/mol. The first-order chi connectivity index (χ1) is 10.7. The zero-order chi connectivity index (χ0) is 16.8. The van der Waals surface area contributed by atoms with Crippen LogP contribution in [0.4, 0.5) is 13.2 Å². The summed E-state index contributed by atoms with van der Waals surface area (Å²) in [4.78, 5) is 16.1. The molecule has 2 unspecified atom stereocenters. The molecule has 0 aliphatic heterocycles. The molecule has 122 valence electrons. The highest BCUT2D eigenvalue weighted by Gasteiger charge is 2.68. The van der Waals surface area contributed by atoms with Crippen LogP contribution < -0.4 is 5.32 Å². The van der Waals surface area contributed by atoms with Gasteiger partial charge in [0.15, 0.2) is 10.2 Å². The molecule has 1 aromatic carbocycles. The predicted octanol–water partition coefficient (Wildman–Crippen LogP) is 4.66. The van der Waals surface area contributed by atoms with Gasteiger partial charge in [0.05, 0.1) is 11.5 Å². The maximum absolute atomic E-state index is 13.1. The number of nitrogens with one attached hydrogen (secondary N) is 1. The summed E-state index contributed by atoms with van der Waals surface area (Å²) in [6.07, 6.45) is -4.63. The van der Waals surface area contributed by atoms with Gasteiger partial charge in [-0.3, -0.25) is 4.79 Å². The van der Waals surface area contributed by atoms with E-state index in [0.29, 0.717) is 5.56 Å². The Labute approximate surface area is 143 Å². The molecule has 1 saturated carbocycles. The van der Waals surface area contributed by atoms with Crippen molar-refractivity contribution >= 4 is 40.4 Å². The molecular formula is C14H9Cl2F3N2OS. The fraction of sp³-hybridized carbons (Fsp3) is 0.286. The lowest BCUT2D eigenvalue weighted by atomic mass is 10.0. The van der Waals surface area contributed by atoms with Crippen LogP contribution in [0.5, 0.6) is 0 Å². The van der Waals surface area contributed by atoms with Crippen LogP contribution in [0.15, 0.2) is 30.3 Å². The summed E-state index contributed by atoms with van der Waals surface area (Å²) in [7, 11) is 0. The number of hydrogen-bond donors (Lipinski definition) is 1. The van der Waals surface area contributed by atoms with Gasteiger partial charge < -0.3 is 5.32 Å². The van der Waals surface area contributed by atoms with E-state index in [1.54, 1.807) is 30.3 Å². The average molecular weight is 381 g/mol. The van der Waals surface area contributed by atoms with Gasteiger partial charge >= 0.3 is 6.18 Å². The first-order valence-corrected chi connectivity index (χ1v) is 8.08. The summed E-state index contributed by atoms with van der Waals surface area (Å²) in [5.41, 5.74) is -1.26. The van der Waals surface area contributed by atoms with Gasteiger partial charge in [0.2, 0.25) is 0 Å². The van der Waals surface area contributed by atoms with Crippen LogP contribution in [0.3, 0.4) is 0 Å².